The Kier molecular flexibility index (Phi) is 9.94. The quantitative estimate of drug-likeness (QED) is 0.497. The minimum atomic E-state index is -3.53. The number of halogens is 1. The van der Waals surface area contributed by atoms with Crippen LogP contribution < -0.4 is 9.62 Å². The molecule has 0 saturated heterocycles. The SMILES string of the molecule is CCNC(=O)[C@@H](C)N(Cc1ccc(Cl)cc1)C(=O)CCCN(c1cc(C)cc(C)c1)S(C)(=O)=O. The Labute approximate surface area is 208 Å². The number of anilines is 1. The van der Waals surface area contributed by atoms with Crippen LogP contribution in [0.2, 0.25) is 5.02 Å². The van der Waals surface area contributed by atoms with Crippen LogP contribution in [0.4, 0.5) is 5.69 Å². The summed E-state index contributed by atoms with van der Waals surface area (Å²) in [6, 6.07) is 12.1. The van der Waals surface area contributed by atoms with Crippen molar-refractivity contribution >= 4 is 39.1 Å². The number of rotatable bonds is 11. The molecule has 0 spiro atoms. The summed E-state index contributed by atoms with van der Waals surface area (Å²) in [6.07, 6.45) is 1.59. The summed E-state index contributed by atoms with van der Waals surface area (Å²) in [5.74, 6) is -0.458. The van der Waals surface area contributed by atoms with Crippen LogP contribution in [0.25, 0.3) is 0 Å². The van der Waals surface area contributed by atoms with E-state index in [1.54, 1.807) is 19.1 Å². The number of carbonyl (C=O) groups is 2. The molecule has 34 heavy (non-hydrogen) atoms. The number of benzene rings is 2. The van der Waals surface area contributed by atoms with Gasteiger partial charge in [0.1, 0.15) is 6.04 Å². The van der Waals surface area contributed by atoms with Gasteiger partial charge in [0, 0.05) is 31.1 Å². The topological polar surface area (TPSA) is 86.8 Å². The summed E-state index contributed by atoms with van der Waals surface area (Å²) < 4.78 is 26.3. The van der Waals surface area contributed by atoms with Gasteiger partial charge in [-0.05, 0) is 75.1 Å². The first-order valence-corrected chi connectivity index (χ1v) is 13.5. The third kappa shape index (κ3) is 8.02. The normalized spacial score (nSPS) is 12.2. The molecule has 2 rings (SSSR count). The van der Waals surface area contributed by atoms with Gasteiger partial charge in [-0.2, -0.15) is 0 Å². The molecule has 0 bridgehead atoms. The molecule has 1 atom stereocenters. The second-order valence-corrected chi connectivity index (χ2v) is 10.8. The smallest absolute Gasteiger partial charge is 0.242 e. The molecule has 9 heteroatoms. The number of carbonyl (C=O) groups excluding carboxylic acids is 2. The predicted octanol–water partition coefficient (Wildman–Crippen LogP) is 4.06. The molecule has 2 aromatic carbocycles. The molecule has 0 aliphatic carbocycles. The van der Waals surface area contributed by atoms with Crippen LogP contribution in [0.15, 0.2) is 42.5 Å². The van der Waals surface area contributed by atoms with Gasteiger partial charge in [-0.1, -0.05) is 29.8 Å². The third-order valence-corrected chi connectivity index (χ3v) is 6.88. The van der Waals surface area contributed by atoms with Gasteiger partial charge < -0.3 is 10.2 Å². The molecule has 0 aromatic heterocycles. The molecule has 0 aliphatic rings. The first-order chi connectivity index (χ1) is 15.9. The average molecular weight is 508 g/mol. The highest BCUT2D eigenvalue weighted by Gasteiger charge is 2.26. The van der Waals surface area contributed by atoms with E-state index < -0.39 is 16.1 Å². The van der Waals surface area contributed by atoms with Gasteiger partial charge in [0.05, 0.1) is 11.9 Å². The molecule has 7 nitrogen and oxygen atoms in total. The summed E-state index contributed by atoms with van der Waals surface area (Å²) in [5.41, 5.74) is 3.36. The highest BCUT2D eigenvalue weighted by Crippen LogP contribution is 2.22. The summed E-state index contributed by atoms with van der Waals surface area (Å²) in [7, 11) is -3.53. The molecule has 0 radical (unpaired) electrons. The fraction of sp³-hybridized carbons (Fsp3) is 0.440. The fourth-order valence-electron chi connectivity index (χ4n) is 3.79. The second kappa shape index (κ2) is 12.2. The highest BCUT2D eigenvalue weighted by atomic mass is 35.5. The van der Waals surface area contributed by atoms with Gasteiger partial charge in [0.15, 0.2) is 0 Å². The highest BCUT2D eigenvalue weighted by molar-refractivity contribution is 7.92. The van der Waals surface area contributed by atoms with Gasteiger partial charge in [-0.15, -0.1) is 0 Å². The molecule has 0 unspecified atom stereocenters. The number of nitrogens with one attached hydrogen (secondary N) is 1. The second-order valence-electron chi connectivity index (χ2n) is 8.50. The van der Waals surface area contributed by atoms with Gasteiger partial charge >= 0.3 is 0 Å². The van der Waals surface area contributed by atoms with E-state index in [1.165, 1.54) is 9.21 Å². The molecule has 2 amide bonds. The van der Waals surface area contributed by atoms with Crippen molar-refractivity contribution in [1.29, 1.82) is 0 Å². The predicted molar refractivity (Wildman–Crippen MR) is 137 cm³/mol. The summed E-state index contributed by atoms with van der Waals surface area (Å²) in [4.78, 5) is 27.2. The molecule has 2 aromatic rings. The summed E-state index contributed by atoms with van der Waals surface area (Å²) in [5, 5.41) is 3.35. The zero-order chi connectivity index (χ0) is 25.5. The number of sulfonamides is 1. The Morgan fingerprint density at radius 2 is 1.65 bits per heavy atom. The Morgan fingerprint density at radius 3 is 2.18 bits per heavy atom. The maximum absolute atomic E-state index is 13.2. The number of hydrogen-bond donors (Lipinski definition) is 1. The molecule has 1 N–H and O–H groups in total. The lowest BCUT2D eigenvalue weighted by Crippen LogP contribution is -2.47. The first-order valence-electron chi connectivity index (χ1n) is 11.3. The van der Waals surface area contributed by atoms with Gasteiger partial charge in [-0.3, -0.25) is 13.9 Å². The number of nitrogens with zero attached hydrogens (tertiary/aromatic N) is 2. The number of hydrogen-bond acceptors (Lipinski definition) is 4. The van der Waals surface area contributed by atoms with Crippen molar-refractivity contribution in [2.45, 2.75) is 53.1 Å². The van der Waals surface area contributed by atoms with Crippen LogP contribution in [-0.4, -0.2) is 50.5 Å². The zero-order valence-corrected chi connectivity index (χ0v) is 22.0. The minimum Gasteiger partial charge on any atom is -0.355 e. The standard InChI is InChI=1S/C25H34ClN3O4S/c1-6-27-25(31)20(4)28(17-21-9-11-22(26)12-10-21)24(30)8-7-13-29(34(5,32)33)23-15-18(2)14-19(3)16-23/h9-12,14-16,20H,6-8,13,17H2,1-5H3,(H,27,31)/t20-/m1/s1. The zero-order valence-electron chi connectivity index (χ0n) is 20.5. The Morgan fingerprint density at radius 1 is 1.06 bits per heavy atom. The van der Waals surface area contributed by atoms with E-state index in [4.69, 9.17) is 11.6 Å². The molecular weight excluding hydrogens is 474 g/mol. The molecule has 0 fully saturated rings. The van der Waals surface area contributed by atoms with Crippen molar-refractivity contribution in [2.24, 2.45) is 0 Å². The fourth-order valence-corrected chi connectivity index (χ4v) is 4.86. The Hall–Kier alpha value is -2.58. The van der Waals surface area contributed by atoms with E-state index in [1.807, 2.05) is 51.1 Å². The van der Waals surface area contributed by atoms with E-state index in [-0.39, 0.29) is 31.3 Å². The lowest BCUT2D eigenvalue weighted by Gasteiger charge is -2.29. The van der Waals surface area contributed by atoms with Crippen LogP contribution in [-0.2, 0) is 26.2 Å². The van der Waals surface area contributed by atoms with Crippen LogP contribution >= 0.6 is 11.6 Å². The molecular formula is C25H34ClN3O4S. The van der Waals surface area contributed by atoms with E-state index >= 15 is 0 Å². The van der Waals surface area contributed by atoms with Crippen molar-refractivity contribution in [1.82, 2.24) is 10.2 Å². The monoisotopic (exact) mass is 507 g/mol. The maximum atomic E-state index is 13.2. The molecule has 0 heterocycles. The Balaban J connectivity index is 2.17. The van der Waals surface area contributed by atoms with Crippen molar-refractivity contribution in [2.75, 3.05) is 23.7 Å². The van der Waals surface area contributed by atoms with Crippen LogP contribution in [0.5, 0.6) is 0 Å². The number of amides is 2. The lowest BCUT2D eigenvalue weighted by atomic mass is 10.1. The van der Waals surface area contributed by atoms with E-state index in [2.05, 4.69) is 5.32 Å². The van der Waals surface area contributed by atoms with Crippen molar-refractivity contribution in [3.05, 3.63) is 64.2 Å². The summed E-state index contributed by atoms with van der Waals surface area (Å²) in [6.45, 7) is 8.22. The van der Waals surface area contributed by atoms with Crippen LogP contribution in [0.1, 0.15) is 43.4 Å². The minimum absolute atomic E-state index is 0.105. The van der Waals surface area contributed by atoms with Crippen LogP contribution in [0, 0.1) is 13.8 Å². The number of likely N-dealkylation sites (N-methyl/N-ethyl adjacent to an activating group) is 1. The number of aryl methyl sites for hydroxylation is 2. The molecule has 0 aliphatic heterocycles. The van der Waals surface area contributed by atoms with E-state index in [0.717, 1.165) is 22.9 Å². The lowest BCUT2D eigenvalue weighted by molar-refractivity contribution is -0.140. The van der Waals surface area contributed by atoms with Gasteiger partial charge in [0.25, 0.3) is 0 Å². The third-order valence-electron chi connectivity index (χ3n) is 5.43. The average Bonchev–Trinajstić information content (AvgIpc) is 2.74. The van der Waals surface area contributed by atoms with Gasteiger partial charge in [-0.25, -0.2) is 8.42 Å². The van der Waals surface area contributed by atoms with Crippen LogP contribution in [0.3, 0.4) is 0 Å². The van der Waals surface area contributed by atoms with Crippen molar-refractivity contribution in [3.8, 4) is 0 Å². The molecule has 186 valence electrons. The Bertz CT molecular complexity index is 1080. The summed E-state index contributed by atoms with van der Waals surface area (Å²) >= 11 is 5.97. The maximum Gasteiger partial charge on any atom is 0.242 e. The van der Waals surface area contributed by atoms with E-state index in [0.29, 0.717) is 23.7 Å². The molecule has 0 saturated carbocycles. The first kappa shape index (κ1) is 27.7. The largest absolute Gasteiger partial charge is 0.355 e. The van der Waals surface area contributed by atoms with Crippen molar-refractivity contribution < 1.29 is 18.0 Å². The van der Waals surface area contributed by atoms with Gasteiger partial charge in [0.2, 0.25) is 21.8 Å². The van der Waals surface area contributed by atoms with Crippen molar-refractivity contribution in [3.63, 3.8) is 0 Å². The van der Waals surface area contributed by atoms with E-state index in [9.17, 15) is 18.0 Å².